The van der Waals surface area contributed by atoms with Crippen molar-refractivity contribution in [3.05, 3.63) is 174 Å². The number of para-hydroxylation sites is 3. The fraction of sp³-hybridized carbons (Fsp3) is 0.323. The van der Waals surface area contributed by atoms with E-state index < -0.39 is 0 Å². The molecule has 2 aliphatic heterocycles. The average Bonchev–Trinajstić information content (AvgIpc) is 4.02. The highest BCUT2D eigenvalue weighted by molar-refractivity contribution is 7.26. The minimum Gasteiger partial charge on any atom is -0.216 e. The minimum atomic E-state index is -0.231. The van der Waals surface area contributed by atoms with Gasteiger partial charge in [-0.2, -0.15) is 9.13 Å². The smallest absolute Gasteiger partial charge is 0.216 e. The number of rotatable bonds is 13. The number of pyridine rings is 1. The molecule has 0 saturated carbocycles. The molecular formula is C62H65N3S+2. The fourth-order valence-electron chi connectivity index (χ4n) is 12.9. The van der Waals surface area contributed by atoms with Gasteiger partial charge in [0.15, 0.2) is 23.3 Å². The second-order valence-corrected chi connectivity index (χ2v) is 21.1. The summed E-state index contributed by atoms with van der Waals surface area (Å²) >= 11 is 1.96. The van der Waals surface area contributed by atoms with E-state index in [0.29, 0.717) is 11.8 Å². The lowest BCUT2D eigenvalue weighted by atomic mass is 9.58. The summed E-state index contributed by atoms with van der Waals surface area (Å²) in [5.74, 6) is 2.15. The van der Waals surface area contributed by atoms with Crippen LogP contribution in [0, 0.1) is 0 Å². The number of hydrogen-bond acceptors (Lipinski definition) is 1. The Kier molecular flexibility index (Phi) is 10.9. The van der Waals surface area contributed by atoms with Crippen molar-refractivity contribution >= 4 is 42.5 Å². The highest BCUT2D eigenvalue weighted by Crippen LogP contribution is 2.55. The number of fused-ring (bicyclic) bond motifs is 12. The summed E-state index contributed by atoms with van der Waals surface area (Å²) in [7, 11) is 0. The number of unbranched alkanes of at least 4 members (excludes halogenated alkanes) is 2. The number of benzene rings is 6. The zero-order chi connectivity index (χ0) is 45.3. The second-order valence-electron chi connectivity index (χ2n) is 20.1. The first-order valence-corrected chi connectivity index (χ1v) is 25.9. The third-order valence-electron chi connectivity index (χ3n) is 16.5. The lowest BCUT2D eigenvalue weighted by Crippen LogP contribution is -2.69. The summed E-state index contributed by atoms with van der Waals surface area (Å²) in [6.45, 7) is 17.1. The molecule has 6 aromatic carbocycles. The second kappa shape index (κ2) is 16.8. The van der Waals surface area contributed by atoms with E-state index in [9.17, 15) is 0 Å². The molecule has 2 aliphatic rings. The van der Waals surface area contributed by atoms with Crippen LogP contribution in [0.1, 0.15) is 140 Å². The van der Waals surface area contributed by atoms with Crippen LogP contribution in [0.3, 0.4) is 0 Å². The van der Waals surface area contributed by atoms with Crippen LogP contribution in [0.4, 0.5) is 0 Å². The molecule has 9 aromatic rings. The van der Waals surface area contributed by atoms with Gasteiger partial charge in [-0.25, -0.2) is 4.57 Å². The maximum atomic E-state index is 2.89. The first kappa shape index (κ1) is 42.8. The monoisotopic (exact) mass is 883 g/mol. The van der Waals surface area contributed by atoms with Gasteiger partial charge in [-0.05, 0) is 78.5 Å². The van der Waals surface area contributed by atoms with Gasteiger partial charge in [0.2, 0.25) is 5.69 Å². The van der Waals surface area contributed by atoms with Gasteiger partial charge >= 0.3 is 0 Å². The Morgan fingerprint density at radius 3 is 2.26 bits per heavy atom. The van der Waals surface area contributed by atoms with E-state index in [1.54, 1.807) is 0 Å². The highest BCUT2D eigenvalue weighted by atomic mass is 32.1. The first-order chi connectivity index (χ1) is 32.2. The van der Waals surface area contributed by atoms with E-state index in [1.165, 1.54) is 119 Å². The van der Waals surface area contributed by atoms with Crippen LogP contribution >= 0.6 is 11.3 Å². The Morgan fingerprint density at radius 2 is 1.45 bits per heavy atom. The molecule has 0 fully saturated rings. The number of aromatic nitrogens is 3. The predicted molar refractivity (Wildman–Crippen MR) is 279 cm³/mol. The Balaban J connectivity index is 1.14. The first-order valence-electron chi connectivity index (χ1n) is 25.1. The zero-order valence-corrected chi connectivity index (χ0v) is 40.9. The number of hydrogen-bond donors (Lipinski definition) is 0. The molecule has 11 rings (SSSR count). The fourth-order valence-corrected chi connectivity index (χ4v) is 14.1. The SMILES string of the molecule is CCCCCC(C)c1cccc(C(C)C)c1-n1c2[n+](c3ccccc31)C(CC)(CCC1c3ccc4c(sc5ccccc54)c3-c3cc(-c4ccccc4)cc[n+]31)C(C)(CC)c1ccccc1-2. The van der Waals surface area contributed by atoms with Crippen LogP contribution in [-0.4, -0.2) is 4.57 Å². The summed E-state index contributed by atoms with van der Waals surface area (Å²) in [6.07, 6.45) is 11.5. The van der Waals surface area contributed by atoms with Gasteiger partial charge in [-0.3, -0.25) is 0 Å². The molecule has 66 heavy (non-hydrogen) atoms. The maximum Gasteiger partial charge on any atom is 0.295 e. The van der Waals surface area contributed by atoms with Gasteiger partial charge in [0.25, 0.3) is 5.82 Å². The largest absolute Gasteiger partial charge is 0.295 e. The molecule has 5 heterocycles. The lowest BCUT2D eigenvalue weighted by Gasteiger charge is -2.50. The molecule has 0 amide bonds. The quantitative estimate of drug-likeness (QED) is 0.0808. The summed E-state index contributed by atoms with van der Waals surface area (Å²) in [5, 5.41) is 2.73. The van der Waals surface area contributed by atoms with Crippen LogP contribution in [-0.2, 0) is 11.0 Å². The highest BCUT2D eigenvalue weighted by Gasteiger charge is 2.60. The van der Waals surface area contributed by atoms with Crippen LogP contribution in [0.2, 0.25) is 0 Å². The molecule has 0 radical (unpaired) electrons. The van der Waals surface area contributed by atoms with Crippen molar-refractivity contribution in [1.29, 1.82) is 0 Å². The molecule has 0 aliphatic carbocycles. The lowest BCUT2D eigenvalue weighted by molar-refractivity contribution is -0.751. The molecule has 0 N–H and O–H groups in total. The molecule has 3 aromatic heterocycles. The van der Waals surface area contributed by atoms with Gasteiger partial charge in [-0.15, -0.1) is 11.3 Å². The van der Waals surface area contributed by atoms with Crippen molar-refractivity contribution in [2.24, 2.45) is 0 Å². The molecule has 0 spiro atoms. The molecule has 0 bridgehead atoms. The van der Waals surface area contributed by atoms with E-state index in [1.807, 2.05) is 11.3 Å². The molecule has 4 heteroatoms. The number of imidazole rings is 1. The Hall–Kier alpha value is -5.84. The van der Waals surface area contributed by atoms with Crippen molar-refractivity contribution < 1.29 is 9.13 Å². The van der Waals surface area contributed by atoms with Gasteiger partial charge in [0.05, 0.1) is 11.1 Å². The average molecular weight is 884 g/mol. The normalized spacial score (nSPS) is 19.1. The van der Waals surface area contributed by atoms with Crippen molar-refractivity contribution in [3.8, 4) is 39.5 Å². The Labute approximate surface area is 396 Å². The van der Waals surface area contributed by atoms with E-state index in [0.717, 1.165) is 25.7 Å². The van der Waals surface area contributed by atoms with Gasteiger partial charge in [-0.1, -0.05) is 177 Å². The van der Waals surface area contributed by atoms with Gasteiger partial charge in [0.1, 0.15) is 11.2 Å². The molecule has 332 valence electrons. The topological polar surface area (TPSA) is 12.7 Å². The number of nitrogens with zero attached hydrogens (tertiary/aromatic N) is 3. The molecular weight excluding hydrogens is 819 g/mol. The maximum absolute atomic E-state index is 2.89. The van der Waals surface area contributed by atoms with E-state index in [2.05, 4.69) is 214 Å². The predicted octanol–water partition coefficient (Wildman–Crippen LogP) is 16.6. The van der Waals surface area contributed by atoms with Gasteiger partial charge in [0, 0.05) is 60.8 Å². The Bertz CT molecular complexity index is 3280. The standard InChI is InChI=1S/C62H65N3S/c1-8-11-13-23-42(6)46-29-22-28-45(41(4)5)58(46)64-53-31-19-20-32-54(53)65-60(64)49-27-16-18-30-51(49)61(7,9-2)62(65,10-3)38-36-52-50-35-34-48-47-26-17-21-33-56(47)66-59(48)57(50)55-40-44(37-39-63(52)55)43-24-14-12-15-25-43/h12,14-22,24-35,37,39-42,52H,8-11,13,23,36,38H2,1-7H3/q+2. The summed E-state index contributed by atoms with van der Waals surface area (Å²) < 4.78 is 11.1. The molecule has 4 atom stereocenters. The van der Waals surface area contributed by atoms with Crippen molar-refractivity contribution in [2.75, 3.05) is 0 Å². The van der Waals surface area contributed by atoms with E-state index >= 15 is 0 Å². The summed E-state index contributed by atoms with van der Waals surface area (Å²) in [6, 6.07) is 56.0. The van der Waals surface area contributed by atoms with Gasteiger partial charge < -0.3 is 0 Å². The van der Waals surface area contributed by atoms with Crippen molar-refractivity contribution in [1.82, 2.24) is 4.57 Å². The third kappa shape index (κ3) is 6.34. The van der Waals surface area contributed by atoms with Crippen LogP contribution in [0.5, 0.6) is 0 Å². The molecule has 0 saturated heterocycles. The van der Waals surface area contributed by atoms with Crippen LogP contribution in [0.15, 0.2) is 152 Å². The third-order valence-corrected chi connectivity index (χ3v) is 17.7. The summed E-state index contributed by atoms with van der Waals surface area (Å²) in [5.41, 5.74) is 16.2. The van der Waals surface area contributed by atoms with Crippen molar-refractivity contribution in [3.63, 3.8) is 0 Å². The molecule has 3 nitrogen and oxygen atoms in total. The summed E-state index contributed by atoms with van der Waals surface area (Å²) in [4.78, 5) is 0. The van der Waals surface area contributed by atoms with Crippen LogP contribution in [0.25, 0.3) is 70.7 Å². The molecule has 4 unspecified atom stereocenters. The number of thiophene rings is 1. The van der Waals surface area contributed by atoms with Crippen molar-refractivity contribution in [2.45, 2.75) is 129 Å². The van der Waals surface area contributed by atoms with Crippen LogP contribution < -0.4 is 9.13 Å². The minimum absolute atomic E-state index is 0.139. The zero-order valence-electron chi connectivity index (χ0n) is 40.1. The Morgan fingerprint density at radius 1 is 0.697 bits per heavy atom. The van der Waals surface area contributed by atoms with E-state index in [4.69, 9.17) is 0 Å². The van der Waals surface area contributed by atoms with E-state index in [-0.39, 0.29) is 17.0 Å².